The predicted octanol–water partition coefficient (Wildman–Crippen LogP) is 3.39. The molecule has 0 bridgehead atoms. The zero-order valence-electron chi connectivity index (χ0n) is 8.59. The van der Waals surface area contributed by atoms with Crippen LogP contribution in [0.4, 0.5) is 0 Å². The number of halogens is 1. The van der Waals surface area contributed by atoms with Crippen molar-refractivity contribution in [1.29, 1.82) is 0 Å². The molecule has 1 nitrogen and oxygen atoms in total. The Bertz CT molecular complexity index is 318. The second kappa shape index (κ2) is 5.30. The molecule has 1 rings (SSSR count). The van der Waals surface area contributed by atoms with Crippen molar-refractivity contribution in [2.75, 3.05) is 0 Å². The number of carbonyl (C=O) groups excluding carboxylic acids is 1. The Morgan fingerprint density at radius 1 is 1.43 bits per heavy atom. The van der Waals surface area contributed by atoms with Gasteiger partial charge in [0.2, 0.25) is 0 Å². The fourth-order valence-corrected chi connectivity index (χ4v) is 2.01. The molecule has 0 heterocycles. The van der Waals surface area contributed by atoms with Crippen molar-refractivity contribution in [1.82, 2.24) is 0 Å². The Labute approximate surface area is 93.7 Å². The highest BCUT2D eigenvalue weighted by molar-refractivity contribution is 9.10. The maximum atomic E-state index is 10.3. The molecule has 0 radical (unpaired) electrons. The molecule has 76 valence electrons. The van der Waals surface area contributed by atoms with Crippen LogP contribution >= 0.6 is 15.9 Å². The molecule has 0 saturated heterocycles. The van der Waals surface area contributed by atoms with Gasteiger partial charge in [-0.25, -0.2) is 0 Å². The standard InChI is InChI=1S/C12H15BrO/c1-9(2)7-11-4-3-10(5-6-14)8-12(11)13/h3-4,6,8-9H,5,7H2,1-2H3. The molecule has 1 aromatic rings. The van der Waals surface area contributed by atoms with E-state index in [9.17, 15) is 4.79 Å². The second-order valence-corrected chi connectivity index (χ2v) is 4.75. The highest BCUT2D eigenvalue weighted by Crippen LogP contribution is 2.21. The van der Waals surface area contributed by atoms with Gasteiger partial charge in [0.05, 0.1) is 0 Å². The lowest BCUT2D eigenvalue weighted by Crippen LogP contribution is -1.96. The average molecular weight is 255 g/mol. The van der Waals surface area contributed by atoms with Crippen LogP contribution in [0.3, 0.4) is 0 Å². The van der Waals surface area contributed by atoms with Crippen LogP contribution in [-0.4, -0.2) is 6.29 Å². The van der Waals surface area contributed by atoms with E-state index >= 15 is 0 Å². The van der Waals surface area contributed by atoms with Crippen molar-refractivity contribution in [2.24, 2.45) is 5.92 Å². The first-order valence-corrected chi connectivity index (χ1v) is 5.63. The lowest BCUT2D eigenvalue weighted by atomic mass is 10.0. The van der Waals surface area contributed by atoms with E-state index in [0.717, 1.165) is 22.7 Å². The summed E-state index contributed by atoms with van der Waals surface area (Å²) in [6, 6.07) is 6.16. The van der Waals surface area contributed by atoms with Gasteiger partial charge in [-0.05, 0) is 29.5 Å². The van der Waals surface area contributed by atoms with Gasteiger partial charge in [0.25, 0.3) is 0 Å². The van der Waals surface area contributed by atoms with Gasteiger partial charge in [-0.2, -0.15) is 0 Å². The second-order valence-electron chi connectivity index (χ2n) is 3.89. The maximum Gasteiger partial charge on any atom is 0.124 e. The van der Waals surface area contributed by atoms with Gasteiger partial charge in [-0.1, -0.05) is 41.9 Å². The molecule has 0 atom stereocenters. The van der Waals surface area contributed by atoms with E-state index in [-0.39, 0.29) is 0 Å². The van der Waals surface area contributed by atoms with Crippen molar-refractivity contribution in [3.8, 4) is 0 Å². The molecule has 0 fully saturated rings. The molecule has 0 aromatic heterocycles. The Kier molecular flexibility index (Phi) is 4.33. The van der Waals surface area contributed by atoms with Gasteiger partial charge < -0.3 is 4.79 Å². The van der Waals surface area contributed by atoms with Crippen molar-refractivity contribution in [3.05, 3.63) is 33.8 Å². The smallest absolute Gasteiger partial charge is 0.124 e. The molecule has 0 aliphatic rings. The third-order valence-corrected chi connectivity index (χ3v) is 2.80. The number of hydrogen-bond donors (Lipinski definition) is 0. The normalized spacial score (nSPS) is 10.6. The number of hydrogen-bond acceptors (Lipinski definition) is 1. The lowest BCUT2D eigenvalue weighted by molar-refractivity contribution is -0.107. The molecular formula is C12H15BrO. The van der Waals surface area contributed by atoms with Gasteiger partial charge >= 0.3 is 0 Å². The number of rotatable bonds is 4. The van der Waals surface area contributed by atoms with E-state index in [0.29, 0.717) is 12.3 Å². The van der Waals surface area contributed by atoms with Crippen molar-refractivity contribution < 1.29 is 4.79 Å². The summed E-state index contributed by atoms with van der Waals surface area (Å²) >= 11 is 3.53. The molecule has 0 unspecified atom stereocenters. The highest BCUT2D eigenvalue weighted by atomic mass is 79.9. The summed E-state index contributed by atoms with van der Waals surface area (Å²) < 4.78 is 1.12. The van der Waals surface area contributed by atoms with E-state index in [1.165, 1.54) is 5.56 Å². The van der Waals surface area contributed by atoms with Gasteiger partial charge in [0.15, 0.2) is 0 Å². The number of carbonyl (C=O) groups is 1. The highest BCUT2D eigenvalue weighted by Gasteiger charge is 2.03. The molecule has 14 heavy (non-hydrogen) atoms. The molecule has 0 amide bonds. The third-order valence-electron chi connectivity index (χ3n) is 2.06. The van der Waals surface area contributed by atoms with Gasteiger partial charge in [0, 0.05) is 10.9 Å². The van der Waals surface area contributed by atoms with Crippen LogP contribution in [0.2, 0.25) is 0 Å². The van der Waals surface area contributed by atoms with Crippen LogP contribution < -0.4 is 0 Å². The summed E-state index contributed by atoms with van der Waals surface area (Å²) in [7, 11) is 0. The van der Waals surface area contributed by atoms with E-state index in [2.05, 4.69) is 35.8 Å². The van der Waals surface area contributed by atoms with Gasteiger partial charge in [-0.15, -0.1) is 0 Å². The van der Waals surface area contributed by atoms with Crippen LogP contribution in [0, 0.1) is 5.92 Å². The summed E-state index contributed by atoms with van der Waals surface area (Å²) in [4.78, 5) is 10.3. The molecule has 0 spiro atoms. The first-order valence-electron chi connectivity index (χ1n) is 4.84. The average Bonchev–Trinajstić information content (AvgIpc) is 2.10. The van der Waals surface area contributed by atoms with Gasteiger partial charge in [0.1, 0.15) is 6.29 Å². The minimum atomic E-state index is 0.501. The third kappa shape index (κ3) is 3.26. The Morgan fingerprint density at radius 3 is 2.64 bits per heavy atom. The van der Waals surface area contributed by atoms with Crippen molar-refractivity contribution in [3.63, 3.8) is 0 Å². The van der Waals surface area contributed by atoms with E-state index in [1.54, 1.807) is 0 Å². The van der Waals surface area contributed by atoms with Crippen LogP contribution in [0.5, 0.6) is 0 Å². The van der Waals surface area contributed by atoms with E-state index in [4.69, 9.17) is 0 Å². The summed E-state index contributed by atoms with van der Waals surface area (Å²) in [5.41, 5.74) is 2.38. The summed E-state index contributed by atoms with van der Waals surface area (Å²) in [5, 5.41) is 0. The summed E-state index contributed by atoms with van der Waals surface area (Å²) in [6.07, 6.45) is 2.51. The molecule has 0 aliphatic heterocycles. The Balaban J connectivity index is 2.83. The first-order chi connectivity index (χ1) is 6.63. The zero-order chi connectivity index (χ0) is 10.6. The maximum absolute atomic E-state index is 10.3. The minimum absolute atomic E-state index is 0.501. The molecule has 2 heteroatoms. The minimum Gasteiger partial charge on any atom is -0.303 e. The molecule has 1 aromatic carbocycles. The lowest BCUT2D eigenvalue weighted by Gasteiger charge is -2.08. The Morgan fingerprint density at radius 2 is 2.14 bits per heavy atom. The summed E-state index contributed by atoms with van der Waals surface area (Å²) in [5.74, 6) is 0.656. The predicted molar refractivity (Wildman–Crippen MR) is 62.5 cm³/mol. The molecule has 0 aliphatic carbocycles. The first kappa shape index (κ1) is 11.4. The van der Waals surface area contributed by atoms with Crippen LogP contribution in [0.1, 0.15) is 25.0 Å². The molecular weight excluding hydrogens is 240 g/mol. The van der Waals surface area contributed by atoms with Crippen LogP contribution in [0.15, 0.2) is 22.7 Å². The van der Waals surface area contributed by atoms with Crippen LogP contribution in [-0.2, 0) is 17.6 Å². The fourth-order valence-electron chi connectivity index (χ4n) is 1.42. The fraction of sp³-hybridized carbons (Fsp3) is 0.417. The molecule has 0 saturated carbocycles. The van der Waals surface area contributed by atoms with E-state index < -0.39 is 0 Å². The van der Waals surface area contributed by atoms with Crippen molar-refractivity contribution >= 4 is 22.2 Å². The SMILES string of the molecule is CC(C)Cc1ccc(CC=O)cc1Br. The van der Waals surface area contributed by atoms with Gasteiger partial charge in [-0.3, -0.25) is 0 Å². The monoisotopic (exact) mass is 254 g/mol. The van der Waals surface area contributed by atoms with Crippen LogP contribution in [0.25, 0.3) is 0 Å². The number of aldehydes is 1. The number of benzene rings is 1. The van der Waals surface area contributed by atoms with E-state index in [1.807, 2.05) is 12.1 Å². The quantitative estimate of drug-likeness (QED) is 0.754. The topological polar surface area (TPSA) is 17.1 Å². The largest absolute Gasteiger partial charge is 0.303 e. The zero-order valence-corrected chi connectivity index (χ0v) is 10.2. The summed E-state index contributed by atoms with van der Waals surface area (Å²) in [6.45, 7) is 4.40. The Hall–Kier alpha value is -0.630. The molecule has 0 N–H and O–H groups in total. The van der Waals surface area contributed by atoms with Crippen molar-refractivity contribution in [2.45, 2.75) is 26.7 Å².